The Morgan fingerprint density at radius 2 is 1.72 bits per heavy atom. The van der Waals surface area contributed by atoms with Gasteiger partial charge < -0.3 is 9.64 Å². The first kappa shape index (κ1) is 20.3. The van der Waals surface area contributed by atoms with Gasteiger partial charge in [-0.1, -0.05) is 30.3 Å². The second-order valence-electron chi connectivity index (χ2n) is 7.72. The molecule has 2 heterocycles. The molecule has 0 amide bonds. The van der Waals surface area contributed by atoms with E-state index in [4.69, 9.17) is 4.74 Å². The van der Waals surface area contributed by atoms with Crippen LogP contribution in [0.5, 0.6) is 5.75 Å². The van der Waals surface area contributed by atoms with Crippen LogP contribution in [0.2, 0.25) is 0 Å². The zero-order valence-corrected chi connectivity index (χ0v) is 17.5. The third kappa shape index (κ3) is 5.36. The molecule has 2 aromatic rings. The van der Waals surface area contributed by atoms with Crippen molar-refractivity contribution in [3.05, 3.63) is 59.7 Å². The lowest BCUT2D eigenvalue weighted by Gasteiger charge is -2.34. The molecule has 0 atom stereocenters. The van der Waals surface area contributed by atoms with Crippen molar-refractivity contribution in [2.24, 2.45) is 0 Å². The molecule has 2 aromatic carbocycles. The molecule has 156 valence electrons. The van der Waals surface area contributed by atoms with Crippen molar-refractivity contribution in [1.82, 2.24) is 14.5 Å². The predicted octanol–water partition coefficient (Wildman–Crippen LogP) is 2.11. The number of hydrogen-bond acceptors (Lipinski definition) is 5. The van der Waals surface area contributed by atoms with E-state index in [1.54, 1.807) is 18.2 Å². The van der Waals surface area contributed by atoms with Gasteiger partial charge in [-0.25, -0.2) is 13.1 Å². The van der Waals surface area contributed by atoms with E-state index in [1.165, 1.54) is 5.56 Å². The number of nitrogens with zero attached hydrogens (tertiary/aromatic N) is 2. The number of hydrogen-bond donors (Lipinski definition) is 1. The molecule has 4 rings (SSSR count). The molecule has 0 unspecified atom stereocenters. The van der Waals surface area contributed by atoms with Crippen molar-refractivity contribution in [2.75, 3.05) is 45.9 Å². The number of nitrogens with one attached hydrogen (secondary N) is 1. The van der Waals surface area contributed by atoms with Gasteiger partial charge in [0.25, 0.3) is 0 Å². The lowest BCUT2D eigenvalue weighted by Crippen LogP contribution is -2.46. The van der Waals surface area contributed by atoms with Crippen molar-refractivity contribution in [1.29, 1.82) is 0 Å². The molecule has 0 spiro atoms. The normalized spacial score (nSPS) is 17.8. The van der Waals surface area contributed by atoms with Gasteiger partial charge in [0, 0.05) is 45.7 Å². The zero-order valence-electron chi connectivity index (χ0n) is 16.7. The van der Waals surface area contributed by atoms with E-state index >= 15 is 0 Å². The maximum atomic E-state index is 12.5. The quantitative estimate of drug-likeness (QED) is 0.669. The first-order valence-corrected chi connectivity index (χ1v) is 11.8. The Morgan fingerprint density at radius 1 is 0.966 bits per heavy atom. The zero-order chi connectivity index (χ0) is 20.1. The molecule has 2 aliphatic rings. The summed E-state index contributed by atoms with van der Waals surface area (Å²) in [6.07, 6.45) is 1.58. The molecule has 6 nitrogen and oxygen atoms in total. The third-order valence-electron chi connectivity index (χ3n) is 5.63. The SMILES string of the molecule is O=S(=O)(NCCCN1CCN(Cc2ccccc2)CC1)c1ccc2c(c1)CCO2. The summed E-state index contributed by atoms with van der Waals surface area (Å²) < 4.78 is 33.2. The van der Waals surface area contributed by atoms with Crippen LogP contribution in [0.25, 0.3) is 0 Å². The van der Waals surface area contributed by atoms with Gasteiger partial charge >= 0.3 is 0 Å². The number of benzene rings is 2. The summed E-state index contributed by atoms with van der Waals surface area (Å²) in [6.45, 7) is 7.18. The van der Waals surface area contributed by atoms with E-state index in [0.29, 0.717) is 18.0 Å². The van der Waals surface area contributed by atoms with Crippen LogP contribution in [0, 0.1) is 0 Å². The highest BCUT2D eigenvalue weighted by atomic mass is 32.2. The van der Waals surface area contributed by atoms with Gasteiger partial charge in [0.2, 0.25) is 10.0 Å². The molecule has 0 aromatic heterocycles. The second-order valence-corrected chi connectivity index (χ2v) is 9.49. The number of sulfonamides is 1. The van der Waals surface area contributed by atoms with Crippen molar-refractivity contribution in [3.8, 4) is 5.75 Å². The molecule has 1 saturated heterocycles. The summed E-state index contributed by atoms with van der Waals surface area (Å²) in [7, 11) is -3.46. The van der Waals surface area contributed by atoms with Crippen molar-refractivity contribution < 1.29 is 13.2 Å². The van der Waals surface area contributed by atoms with Crippen LogP contribution in [0.3, 0.4) is 0 Å². The van der Waals surface area contributed by atoms with Crippen LogP contribution in [0.4, 0.5) is 0 Å². The van der Waals surface area contributed by atoms with Crippen LogP contribution >= 0.6 is 0 Å². The topological polar surface area (TPSA) is 61.9 Å². The number of fused-ring (bicyclic) bond motifs is 1. The van der Waals surface area contributed by atoms with Gasteiger partial charge in [-0.2, -0.15) is 0 Å². The number of rotatable bonds is 8. The maximum absolute atomic E-state index is 12.5. The first-order valence-electron chi connectivity index (χ1n) is 10.3. The van der Waals surface area contributed by atoms with E-state index in [2.05, 4.69) is 44.9 Å². The molecule has 1 N–H and O–H groups in total. The van der Waals surface area contributed by atoms with Gasteiger partial charge in [0.1, 0.15) is 5.75 Å². The number of ether oxygens (including phenoxy) is 1. The van der Waals surface area contributed by atoms with Gasteiger partial charge in [-0.3, -0.25) is 4.90 Å². The predicted molar refractivity (Wildman–Crippen MR) is 114 cm³/mol. The summed E-state index contributed by atoms with van der Waals surface area (Å²) in [5, 5.41) is 0. The Hall–Kier alpha value is -1.93. The average molecular weight is 416 g/mol. The lowest BCUT2D eigenvalue weighted by molar-refractivity contribution is 0.126. The Balaban J connectivity index is 1.17. The Bertz CT molecular complexity index is 910. The Labute approximate surface area is 173 Å². The highest BCUT2D eigenvalue weighted by Gasteiger charge is 2.20. The molecule has 2 aliphatic heterocycles. The summed E-state index contributed by atoms with van der Waals surface area (Å²) in [6, 6.07) is 15.7. The fourth-order valence-corrected chi connectivity index (χ4v) is 5.06. The minimum absolute atomic E-state index is 0.330. The summed E-state index contributed by atoms with van der Waals surface area (Å²) in [4.78, 5) is 5.23. The highest BCUT2D eigenvalue weighted by molar-refractivity contribution is 7.89. The van der Waals surface area contributed by atoms with Gasteiger partial charge in [-0.15, -0.1) is 0 Å². The molecule has 0 aliphatic carbocycles. The maximum Gasteiger partial charge on any atom is 0.240 e. The fraction of sp³-hybridized carbons (Fsp3) is 0.455. The fourth-order valence-electron chi connectivity index (χ4n) is 3.94. The van der Waals surface area contributed by atoms with Crippen LogP contribution in [-0.4, -0.2) is 64.1 Å². The first-order chi connectivity index (χ1) is 14.1. The average Bonchev–Trinajstić information content (AvgIpc) is 3.21. The van der Waals surface area contributed by atoms with E-state index in [1.807, 2.05) is 0 Å². The number of piperazine rings is 1. The summed E-state index contributed by atoms with van der Waals surface area (Å²) in [5.74, 6) is 0.801. The van der Waals surface area contributed by atoms with E-state index in [0.717, 1.165) is 63.4 Å². The molecule has 1 fully saturated rings. The molecule has 29 heavy (non-hydrogen) atoms. The van der Waals surface area contributed by atoms with Crippen molar-refractivity contribution >= 4 is 10.0 Å². The molecule has 0 saturated carbocycles. The van der Waals surface area contributed by atoms with Crippen molar-refractivity contribution in [3.63, 3.8) is 0 Å². The Kier molecular flexibility index (Phi) is 6.50. The monoisotopic (exact) mass is 415 g/mol. The summed E-state index contributed by atoms with van der Waals surface area (Å²) >= 11 is 0. The van der Waals surface area contributed by atoms with E-state index in [-0.39, 0.29) is 0 Å². The van der Waals surface area contributed by atoms with Crippen molar-refractivity contribution in [2.45, 2.75) is 24.3 Å². The lowest BCUT2D eigenvalue weighted by atomic mass is 10.2. The van der Waals surface area contributed by atoms with Gasteiger partial charge in [-0.05, 0) is 42.3 Å². The summed E-state index contributed by atoms with van der Waals surface area (Å²) in [5.41, 5.74) is 2.33. The standard InChI is InChI=1S/C22H29N3O3S/c26-29(27,21-7-8-22-20(17-21)9-16-28-22)23-10-4-11-24-12-14-25(15-13-24)18-19-5-2-1-3-6-19/h1-3,5-8,17,23H,4,9-16,18H2. The van der Waals surface area contributed by atoms with Gasteiger partial charge in [0.15, 0.2) is 0 Å². The molecule has 7 heteroatoms. The third-order valence-corrected chi connectivity index (χ3v) is 7.09. The molecule has 0 bridgehead atoms. The Morgan fingerprint density at radius 3 is 2.52 bits per heavy atom. The molecule has 0 radical (unpaired) electrons. The van der Waals surface area contributed by atoms with E-state index < -0.39 is 10.0 Å². The highest BCUT2D eigenvalue weighted by Crippen LogP contribution is 2.27. The second kappa shape index (κ2) is 9.26. The molecular weight excluding hydrogens is 386 g/mol. The van der Waals surface area contributed by atoms with E-state index in [9.17, 15) is 8.42 Å². The van der Waals surface area contributed by atoms with Crippen LogP contribution in [-0.2, 0) is 23.0 Å². The molecular formula is C22H29N3O3S. The minimum atomic E-state index is -3.46. The largest absolute Gasteiger partial charge is 0.493 e. The van der Waals surface area contributed by atoms with Crippen LogP contribution in [0.1, 0.15) is 17.5 Å². The van der Waals surface area contributed by atoms with Gasteiger partial charge in [0.05, 0.1) is 11.5 Å². The minimum Gasteiger partial charge on any atom is -0.493 e. The van der Waals surface area contributed by atoms with Crippen LogP contribution < -0.4 is 9.46 Å². The van der Waals surface area contributed by atoms with Crippen LogP contribution in [0.15, 0.2) is 53.4 Å². The smallest absolute Gasteiger partial charge is 0.240 e.